The first-order chi connectivity index (χ1) is 8.26. The Morgan fingerprint density at radius 1 is 1.59 bits per heavy atom. The lowest BCUT2D eigenvalue weighted by molar-refractivity contribution is -0.128. The van der Waals surface area contributed by atoms with Crippen LogP contribution in [0.25, 0.3) is 0 Å². The molecular weight excluding hydrogens is 220 g/mol. The van der Waals surface area contributed by atoms with Crippen molar-refractivity contribution in [2.45, 2.75) is 25.9 Å². The Labute approximate surface area is 103 Å². The Morgan fingerprint density at radius 2 is 2.41 bits per heavy atom. The lowest BCUT2D eigenvalue weighted by Crippen LogP contribution is -2.44. The molecule has 5 nitrogen and oxygen atoms in total. The Kier molecular flexibility index (Phi) is 7.35. The number of rotatable bonds is 8. The number of nitrogens with two attached hydrogens (primary N) is 1. The number of carbonyl (C=O) groups is 1. The average molecular weight is 244 g/mol. The summed E-state index contributed by atoms with van der Waals surface area (Å²) < 4.78 is 10.7. The van der Waals surface area contributed by atoms with Crippen LogP contribution in [0.2, 0.25) is 0 Å². The molecule has 1 rings (SSSR count). The summed E-state index contributed by atoms with van der Waals surface area (Å²) in [5.41, 5.74) is 5.49. The molecule has 0 amide bonds. The van der Waals surface area contributed by atoms with E-state index in [4.69, 9.17) is 15.2 Å². The summed E-state index contributed by atoms with van der Waals surface area (Å²) >= 11 is 0. The molecule has 0 radical (unpaired) electrons. The normalized spacial score (nSPS) is 21.6. The van der Waals surface area contributed by atoms with Gasteiger partial charge in [0.05, 0.1) is 12.7 Å². The standard InChI is InChI=1S/C12H24N2O3/c1-2-16-10-11(15)8-12-9-14(5-3-4-13)6-7-17-12/h12H,2-10,13H2,1H3. The van der Waals surface area contributed by atoms with Gasteiger partial charge in [0.2, 0.25) is 0 Å². The molecule has 1 unspecified atom stereocenters. The number of hydrogen-bond acceptors (Lipinski definition) is 5. The van der Waals surface area contributed by atoms with E-state index < -0.39 is 0 Å². The molecule has 0 saturated carbocycles. The molecule has 1 atom stereocenters. The van der Waals surface area contributed by atoms with Gasteiger partial charge in [0.15, 0.2) is 5.78 Å². The summed E-state index contributed by atoms with van der Waals surface area (Å²) in [6, 6.07) is 0. The predicted octanol–water partition coefficient (Wildman–Crippen LogP) is 0.0317. The van der Waals surface area contributed by atoms with Crippen molar-refractivity contribution in [1.82, 2.24) is 4.90 Å². The smallest absolute Gasteiger partial charge is 0.161 e. The number of hydrogen-bond donors (Lipinski definition) is 1. The van der Waals surface area contributed by atoms with E-state index in [-0.39, 0.29) is 18.5 Å². The monoisotopic (exact) mass is 244 g/mol. The molecule has 17 heavy (non-hydrogen) atoms. The van der Waals surface area contributed by atoms with Gasteiger partial charge in [-0.3, -0.25) is 9.69 Å². The number of nitrogens with zero attached hydrogens (tertiary/aromatic N) is 1. The summed E-state index contributed by atoms with van der Waals surface area (Å²) in [7, 11) is 0. The zero-order valence-electron chi connectivity index (χ0n) is 10.7. The van der Waals surface area contributed by atoms with Crippen LogP contribution in [-0.2, 0) is 14.3 Å². The molecule has 0 aromatic heterocycles. The van der Waals surface area contributed by atoms with E-state index in [9.17, 15) is 4.79 Å². The maximum Gasteiger partial charge on any atom is 0.161 e. The first-order valence-electron chi connectivity index (χ1n) is 6.39. The Morgan fingerprint density at radius 3 is 3.12 bits per heavy atom. The number of ether oxygens (including phenoxy) is 2. The van der Waals surface area contributed by atoms with Crippen molar-refractivity contribution in [3.8, 4) is 0 Å². The van der Waals surface area contributed by atoms with Gasteiger partial charge in [-0.05, 0) is 26.4 Å². The summed E-state index contributed by atoms with van der Waals surface area (Å²) in [4.78, 5) is 13.9. The zero-order valence-corrected chi connectivity index (χ0v) is 10.7. The zero-order chi connectivity index (χ0) is 12.5. The fraction of sp³-hybridized carbons (Fsp3) is 0.917. The Balaban J connectivity index is 2.21. The van der Waals surface area contributed by atoms with Gasteiger partial charge in [0, 0.05) is 26.1 Å². The highest BCUT2D eigenvalue weighted by Crippen LogP contribution is 2.09. The number of ketones is 1. The molecule has 1 fully saturated rings. The fourth-order valence-electron chi connectivity index (χ4n) is 1.95. The van der Waals surface area contributed by atoms with E-state index in [2.05, 4.69) is 4.90 Å². The van der Waals surface area contributed by atoms with Gasteiger partial charge in [-0.25, -0.2) is 0 Å². The minimum absolute atomic E-state index is 0.0227. The molecule has 0 aromatic carbocycles. The third kappa shape index (κ3) is 6.12. The molecule has 0 aromatic rings. The van der Waals surface area contributed by atoms with Gasteiger partial charge in [0.1, 0.15) is 6.61 Å². The molecular formula is C12H24N2O3. The van der Waals surface area contributed by atoms with Gasteiger partial charge in [0.25, 0.3) is 0 Å². The van der Waals surface area contributed by atoms with E-state index in [1.807, 2.05) is 6.92 Å². The van der Waals surface area contributed by atoms with Crippen LogP contribution in [0.3, 0.4) is 0 Å². The molecule has 100 valence electrons. The Hall–Kier alpha value is -0.490. The predicted molar refractivity (Wildman–Crippen MR) is 66.0 cm³/mol. The van der Waals surface area contributed by atoms with Crippen molar-refractivity contribution in [3.63, 3.8) is 0 Å². The third-order valence-electron chi connectivity index (χ3n) is 2.82. The molecule has 2 N–H and O–H groups in total. The molecule has 5 heteroatoms. The van der Waals surface area contributed by atoms with Crippen molar-refractivity contribution in [1.29, 1.82) is 0 Å². The first kappa shape index (κ1) is 14.6. The van der Waals surface area contributed by atoms with Crippen molar-refractivity contribution < 1.29 is 14.3 Å². The number of morpholine rings is 1. The first-order valence-corrected chi connectivity index (χ1v) is 6.39. The second-order valence-corrected chi connectivity index (χ2v) is 4.32. The highest BCUT2D eigenvalue weighted by Gasteiger charge is 2.22. The van der Waals surface area contributed by atoms with E-state index in [0.717, 1.165) is 26.1 Å². The van der Waals surface area contributed by atoms with Crippen LogP contribution in [0.15, 0.2) is 0 Å². The number of Topliss-reactive ketones (excluding diaryl/α,β-unsaturated/α-hetero) is 1. The molecule has 1 aliphatic heterocycles. The van der Waals surface area contributed by atoms with Gasteiger partial charge < -0.3 is 15.2 Å². The van der Waals surface area contributed by atoms with Crippen molar-refractivity contribution in [3.05, 3.63) is 0 Å². The summed E-state index contributed by atoms with van der Waals surface area (Å²) in [5, 5.41) is 0. The van der Waals surface area contributed by atoms with E-state index in [1.54, 1.807) is 0 Å². The maximum absolute atomic E-state index is 11.5. The van der Waals surface area contributed by atoms with Crippen LogP contribution in [0.5, 0.6) is 0 Å². The molecule has 0 aliphatic carbocycles. The number of carbonyl (C=O) groups excluding carboxylic acids is 1. The SMILES string of the molecule is CCOCC(=O)CC1CN(CCCN)CCO1. The van der Waals surface area contributed by atoms with E-state index in [0.29, 0.717) is 26.2 Å². The van der Waals surface area contributed by atoms with Crippen LogP contribution in [0.4, 0.5) is 0 Å². The summed E-state index contributed by atoms with van der Waals surface area (Å²) in [5.74, 6) is 0.123. The fourth-order valence-corrected chi connectivity index (χ4v) is 1.95. The van der Waals surface area contributed by atoms with Gasteiger partial charge in [-0.15, -0.1) is 0 Å². The lowest BCUT2D eigenvalue weighted by Gasteiger charge is -2.32. The van der Waals surface area contributed by atoms with Crippen molar-refractivity contribution >= 4 is 5.78 Å². The van der Waals surface area contributed by atoms with Crippen LogP contribution >= 0.6 is 0 Å². The quantitative estimate of drug-likeness (QED) is 0.652. The Bertz CT molecular complexity index is 224. The minimum Gasteiger partial charge on any atom is -0.375 e. The largest absolute Gasteiger partial charge is 0.375 e. The van der Waals surface area contributed by atoms with Crippen molar-refractivity contribution in [2.24, 2.45) is 5.73 Å². The molecule has 0 bridgehead atoms. The minimum atomic E-state index is 0.0227. The van der Waals surface area contributed by atoms with Crippen LogP contribution in [-0.4, -0.2) is 62.8 Å². The van der Waals surface area contributed by atoms with E-state index in [1.165, 1.54) is 0 Å². The summed E-state index contributed by atoms with van der Waals surface area (Å²) in [6.45, 7) is 6.87. The lowest BCUT2D eigenvalue weighted by atomic mass is 10.1. The van der Waals surface area contributed by atoms with Crippen LogP contribution < -0.4 is 5.73 Å². The highest BCUT2D eigenvalue weighted by atomic mass is 16.5. The molecule has 0 spiro atoms. The van der Waals surface area contributed by atoms with E-state index >= 15 is 0 Å². The van der Waals surface area contributed by atoms with Crippen LogP contribution in [0.1, 0.15) is 19.8 Å². The van der Waals surface area contributed by atoms with Gasteiger partial charge in [-0.2, -0.15) is 0 Å². The topological polar surface area (TPSA) is 64.8 Å². The van der Waals surface area contributed by atoms with Crippen molar-refractivity contribution in [2.75, 3.05) is 46.0 Å². The maximum atomic E-state index is 11.5. The third-order valence-corrected chi connectivity index (χ3v) is 2.82. The van der Waals surface area contributed by atoms with Gasteiger partial charge in [-0.1, -0.05) is 0 Å². The molecule has 1 saturated heterocycles. The average Bonchev–Trinajstić information content (AvgIpc) is 2.34. The van der Waals surface area contributed by atoms with Gasteiger partial charge >= 0.3 is 0 Å². The molecule has 1 heterocycles. The second-order valence-electron chi connectivity index (χ2n) is 4.32. The summed E-state index contributed by atoms with van der Waals surface area (Å²) in [6.07, 6.45) is 1.48. The highest BCUT2D eigenvalue weighted by molar-refractivity contribution is 5.80. The molecule has 1 aliphatic rings. The second kappa shape index (κ2) is 8.58. The van der Waals surface area contributed by atoms with Crippen LogP contribution in [0, 0.1) is 0 Å².